The number of halogens is 1. The van der Waals surface area contributed by atoms with Crippen LogP contribution in [0, 0.1) is 14.9 Å². The molecule has 7 rings (SSSR count). The lowest BCUT2D eigenvalue weighted by Crippen LogP contribution is -2.04. The molecular formula is C38H28IN5. The van der Waals surface area contributed by atoms with Crippen molar-refractivity contribution in [2.45, 2.75) is 26.2 Å². The van der Waals surface area contributed by atoms with Crippen LogP contribution in [0.25, 0.3) is 61.7 Å². The van der Waals surface area contributed by atoms with Crippen molar-refractivity contribution in [3.63, 3.8) is 0 Å². The number of hydrogen-bond donors (Lipinski definition) is 0. The second kappa shape index (κ2) is 12.0. The number of aromatic nitrogens is 4. The molecule has 0 N–H and O–H groups in total. The standard InChI is InChI=1S/C38H28IN5/c1-2-3-10-25-16-19-33-31(21-25)32-23-29(39)17-20-34(32)44(33)35-22-26(24-40)15-18-30(35)38-42-36(27-11-6-4-7-12-27)41-37(43-38)28-13-8-5-9-14-28/h4-9,11-23H,2-3,10H2,1H3. The van der Waals surface area contributed by atoms with Gasteiger partial charge in [-0.25, -0.2) is 15.0 Å². The summed E-state index contributed by atoms with van der Waals surface area (Å²) in [6, 6.07) is 41.4. The minimum Gasteiger partial charge on any atom is -0.308 e. The molecule has 0 fully saturated rings. The number of fused-ring (bicyclic) bond motifs is 3. The summed E-state index contributed by atoms with van der Waals surface area (Å²) in [6.07, 6.45) is 3.36. The molecular weight excluding hydrogens is 653 g/mol. The molecule has 44 heavy (non-hydrogen) atoms. The van der Waals surface area contributed by atoms with Gasteiger partial charge < -0.3 is 4.57 Å². The zero-order valence-corrected chi connectivity index (χ0v) is 26.4. The van der Waals surface area contributed by atoms with E-state index in [1.165, 1.54) is 19.9 Å². The van der Waals surface area contributed by atoms with Crippen LogP contribution in [-0.2, 0) is 6.42 Å². The van der Waals surface area contributed by atoms with Crippen molar-refractivity contribution in [2.24, 2.45) is 0 Å². The molecule has 0 amide bonds. The van der Waals surface area contributed by atoms with Gasteiger partial charge in [-0.3, -0.25) is 0 Å². The van der Waals surface area contributed by atoms with Gasteiger partial charge in [-0.1, -0.05) is 80.1 Å². The largest absolute Gasteiger partial charge is 0.308 e. The van der Waals surface area contributed by atoms with Gasteiger partial charge in [0.25, 0.3) is 0 Å². The third kappa shape index (κ3) is 5.24. The van der Waals surface area contributed by atoms with Gasteiger partial charge in [-0.05, 0) is 89.5 Å². The van der Waals surface area contributed by atoms with Gasteiger partial charge >= 0.3 is 0 Å². The minimum atomic E-state index is 0.553. The van der Waals surface area contributed by atoms with Crippen molar-refractivity contribution >= 4 is 44.4 Å². The fourth-order valence-corrected chi connectivity index (χ4v) is 6.23. The third-order valence-corrected chi connectivity index (χ3v) is 8.59. The van der Waals surface area contributed by atoms with E-state index < -0.39 is 0 Å². The Labute approximate surface area is 270 Å². The van der Waals surface area contributed by atoms with Gasteiger partial charge in [0.1, 0.15) is 0 Å². The third-order valence-electron chi connectivity index (χ3n) is 7.92. The van der Waals surface area contributed by atoms with Crippen molar-refractivity contribution < 1.29 is 0 Å². The van der Waals surface area contributed by atoms with E-state index in [-0.39, 0.29) is 0 Å². The van der Waals surface area contributed by atoms with Crippen LogP contribution in [0.2, 0.25) is 0 Å². The molecule has 0 radical (unpaired) electrons. The highest BCUT2D eigenvalue weighted by molar-refractivity contribution is 14.1. The van der Waals surface area contributed by atoms with Crippen molar-refractivity contribution in [2.75, 3.05) is 0 Å². The summed E-state index contributed by atoms with van der Waals surface area (Å²) in [5.74, 6) is 1.75. The summed E-state index contributed by atoms with van der Waals surface area (Å²) in [4.78, 5) is 14.9. The first-order valence-electron chi connectivity index (χ1n) is 14.8. The fourth-order valence-electron chi connectivity index (χ4n) is 5.74. The van der Waals surface area contributed by atoms with Crippen LogP contribution in [0.5, 0.6) is 0 Å². The lowest BCUT2D eigenvalue weighted by molar-refractivity contribution is 0.796. The normalized spacial score (nSPS) is 11.2. The van der Waals surface area contributed by atoms with E-state index in [9.17, 15) is 5.26 Å². The molecule has 2 heterocycles. The van der Waals surface area contributed by atoms with Crippen LogP contribution in [0.1, 0.15) is 30.9 Å². The predicted molar refractivity (Wildman–Crippen MR) is 187 cm³/mol. The summed E-state index contributed by atoms with van der Waals surface area (Å²) in [5.41, 5.74) is 7.57. The smallest absolute Gasteiger partial charge is 0.166 e. The van der Waals surface area contributed by atoms with Gasteiger partial charge in [0, 0.05) is 31.0 Å². The predicted octanol–water partition coefficient (Wildman–Crippen LogP) is 9.79. The highest BCUT2D eigenvalue weighted by Gasteiger charge is 2.20. The Kier molecular flexibility index (Phi) is 7.63. The Morgan fingerprint density at radius 2 is 1.30 bits per heavy atom. The first-order chi connectivity index (χ1) is 21.6. The van der Waals surface area contributed by atoms with Gasteiger partial charge in [0.2, 0.25) is 0 Å². The maximum absolute atomic E-state index is 9.99. The molecule has 5 aromatic carbocycles. The zero-order chi connectivity index (χ0) is 30.0. The summed E-state index contributed by atoms with van der Waals surface area (Å²) in [5, 5.41) is 12.4. The highest BCUT2D eigenvalue weighted by Crippen LogP contribution is 2.38. The molecule has 6 heteroatoms. The van der Waals surface area contributed by atoms with Gasteiger partial charge in [-0.15, -0.1) is 0 Å². The molecule has 0 aliphatic heterocycles. The summed E-state index contributed by atoms with van der Waals surface area (Å²) >= 11 is 2.38. The molecule has 0 atom stereocenters. The first kappa shape index (κ1) is 27.9. The molecule has 0 aliphatic rings. The maximum atomic E-state index is 9.99. The minimum absolute atomic E-state index is 0.553. The maximum Gasteiger partial charge on any atom is 0.166 e. The van der Waals surface area contributed by atoms with Crippen LogP contribution >= 0.6 is 22.6 Å². The Morgan fingerprint density at radius 3 is 1.93 bits per heavy atom. The quantitative estimate of drug-likeness (QED) is 0.157. The van der Waals surface area contributed by atoms with Gasteiger partial charge in [0.15, 0.2) is 17.5 Å². The Balaban J connectivity index is 1.52. The Hall–Kier alpha value is -4.87. The zero-order valence-electron chi connectivity index (χ0n) is 24.2. The fraction of sp³-hybridized carbons (Fsp3) is 0.105. The average molecular weight is 682 g/mol. The highest BCUT2D eigenvalue weighted by atomic mass is 127. The van der Waals surface area contributed by atoms with Crippen LogP contribution in [0.3, 0.4) is 0 Å². The number of nitriles is 1. The molecule has 0 bridgehead atoms. The van der Waals surface area contributed by atoms with Crippen LogP contribution < -0.4 is 0 Å². The van der Waals surface area contributed by atoms with E-state index in [4.69, 9.17) is 15.0 Å². The molecule has 2 aromatic heterocycles. The van der Waals surface area contributed by atoms with Crippen molar-refractivity contribution in [1.29, 1.82) is 5.26 Å². The van der Waals surface area contributed by atoms with Crippen molar-refractivity contribution in [3.05, 3.63) is 130 Å². The van der Waals surface area contributed by atoms with Crippen LogP contribution in [0.4, 0.5) is 0 Å². The topological polar surface area (TPSA) is 67.4 Å². The molecule has 212 valence electrons. The number of hydrogen-bond acceptors (Lipinski definition) is 4. The van der Waals surface area contributed by atoms with Crippen LogP contribution in [-0.4, -0.2) is 19.5 Å². The lowest BCUT2D eigenvalue weighted by atomic mass is 10.0. The summed E-state index contributed by atoms with van der Waals surface area (Å²) in [6.45, 7) is 2.23. The van der Waals surface area contributed by atoms with E-state index in [2.05, 4.69) is 76.5 Å². The van der Waals surface area contributed by atoms with Crippen molar-refractivity contribution in [1.82, 2.24) is 19.5 Å². The van der Waals surface area contributed by atoms with Crippen LogP contribution in [0.15, 0.2) is 115 Å². The van der Waals surface area contributed by atoms with Gasteiger partial charge in [0.05, 0.1) is 28.4 Å². The molecule has 7 aromatic rings. The molecule has 5 nitrogen and oxygen atoms in total. The second-order valence-electron chi connectivity index (χ2n) is 10.8. The van der Waals surface area contributed by atoms with Crippen molar-refractivity contribution in [3.8, 4) is 45.9 Å². The lowest BCUT2D eigenvalue weighted by Gasteiger charge is -2.15. The Bertz CT molecular complexity index is 2120. The summed E-state index contributed by atoms with van der Waals surface area (Å²) in [7, 11) is 0. The Morgan fingerprint density at radius 1 is 0.682 bits per heavy atom. The number of rotatable bonds is 7. The monoisotopic (exact) mass is 681 g/mol. The number of benzene rings is 5. The van der Waals surface area contributed by atoms with E-state index >= 15 is 0 Å². The summed E-state index contributed by atoms with van der Waals surface area (Å²) < 4.78 is 3.44. The SMILES string of the molecule is CCCCc1ccc2c(c1)c1cc(I)ccc1n2-c1cc(C#N)ccc1-c1nc(-c2ccccc2)nc(-c2ccccc2)n1. The molecule has 0 saturated heterocycles. The molecule has 0 unspecified atom stereocenters. The molecule has 0 saturated carbocycles. The van der Waals surface area contributed by atoms with Gasteiger partial charge in [-0.2, -0.15) is 5.26 Å². The first-order valence-corrected chi connectivity index (χ1v) is 15.8. The number of aryl methyl sites for hydroxylation is 1. The number of unbranched alkanes of at least 4 members (excludes halogenated alkanes) is 1. The van der Waals surface area contributed by atoms with E-state index in [0.717, 1.165) is 52.7 Å². The van der Waals surface area contributed by atoms with E-state index in [0.29, 0.717) is 23.0 Å². The average Bonchev–Trinajstić information content (AvgIpc) is 3.40. The second-order valence-corrected chi connectivity index (χ2v) is 12.1. The van der Waals surface area contributed by atoms with E-state index in [1.54, 1.807) is 0 Å². The number of nitrogens with zero attached hydrogens (tertiary/aromatic N) is 5. The molecule has 0 aliphatic carbocycles. The molecule has 0 spiro atoms. The van der Waals surface area contributed by atoms with E-state index in [1.807, 2.05) is 78.9 Å².